The molecule has 1 fully saturated rings. The highest BCUT2D eigenvalue weighted by atomic mass is 32.2. The summed E-state index contributed by atoms with van der Waals surface area (Å²) in [5.74, 6) is 1.08. The first-order chi connectivity index (χ1) is 11.1. The molecule has 23 heavy (non-hydrogen) atoms. The summed E-state index contributed by atoms with van der Waals surface area (Å²) in [6.07, 6.45) is 2.28. The predicted octanol–water partition coefficient (Wildman–Crippen LogP) is 3.38. The molecular weight excluding hydrogens is 308 g/mol. The summed E-state index contributed by atoms with van der Waals surface area (Å²) in [6, 6.07) is 13.7. The first-order valence-corrected chi connectivity index (χ1v) is 8.57. The number of nitrogens with zero attached hydrogens (tertiary/aromatic N) is 2. The number of carbonyl (C=O) groups is 2. The standard InChI is InChI=1S/C18H18N2O2S/c1-13(21)23-12-14-10-18(22)20(11-14)16-7-5-15(6-8-16)17-4-2-3-9-19-17/h2-9,14H,10-12H2,1H3. The minimum absolute atomic E-state index is 0.107. The quantitative estimate of drug-likeness (QED) is 0.864. The molecule has 0 saturated carbocycles. The molecule has 118 valence electrons. The van der Waals surface area contributed by atoms with Crippen LogP contribution >= 0.6 is 11.8 Å². The van der Waals surface area contributed by atoms with Crippen LogP contribution in [-0.4, -0.2) is 28.3 Å². The first-order valence-electron chi connectivity index (χ1n) is 7.58. The molecule has 0 N–H and O–H groups in total. The lowest BCUT2D eigenvalue weighted by molar-refractivity contribution is -0.117. The number of amides is 1. The van der Waals surface area contributed by atoms with Crippen molar-refractivity contribution in [3.05, 3.63) is 48.7 Å². The van der Waals surface area contributed by atoms with Gasteiger partial charge in [-0.05, 0) is 30.2 Å². The first kappa shape index (κ1) is 15.7. The molecule has 1 unspecified atom stereocenters. The van der Waals surface area contributed by atoms with Gasteiger partial charge in [0.2, 0.25) is 5.91 Å². The summed E-state index contributed by atoms with van der Waals surface area (Å²) in [4.78, 5) is 29.4. The van der Waals surface area contributed by atoms with Crippen LogP contribution in [-0.2, 0) is 9.59 Å². The molecule has 1 aliphatic rings. The lowest BCUT2D eigenvalue weighted by atomic mass is 10.1. The van der Waals surface area contributed by atoms with Gasteiger partial charge in [0.15, 0.2) is 5.12 Å². The second-order valence-corrected chi connectivity index (χ2v) is 6.84. The average Bonchev–Trinajstić information content (AvgIpc) is 2.95. The van der Waals surface area contributed by atoms with Crippen LogP contribution in [0.5, 0.6) is 0 Å². The molecule has 0 spiro atoms. The fourth-order valence-corrected chi connectivity index (χ4v) is 3.42. The van der Waals surface area contributed by atoms with Crippen molar-refractivity contribution in [3.8, 4) is 11.3 Å². The highest BCUT2D eigenvalue weighted by Gasteiger charge is 2.30. The predicted molar refractivity (Wildman–Crippen MR) is 93.3 cm³/mol. The Morgan fingerprint density at radius 2 is 2.04 bits per heavy atom. The van der Waals surface area contributed by atoms with E-state index in [1.807, 2.05) is 47.4 Å². The summed E-state index contributed by atoms with van der Waals surface area (Å²) in [6.45, 7) is 2.25. The van der Waals surface area contributed by atoms with E-state index in [0.29, 0.717) is 18.7 Å². The van der Waals surface area contributed by atoms with Crippen LogP contribution in [0.2, 0.25) is 0 Å². The lowest BCUT2D eigenvalue weighted by Gasteiger charge is -2.17. The van der Waals surface area contributed by atoms with Gasteiger partial charge in [-0.2, -0.15) is 0 Å². The van der Waals surface area contributed by atoms with E-state index in [2.05, 4.69) is 4.98 Å². The highest BCUT2D eigenvalue weighted by Crippen LogP contribution is 2.29. The highest BCUT2D eigenvalue weighted by molar-refractivity contribution is 8.13. The molecule has 1 aromatic carbocycles. The van der Waals surface area contributed by atoms with Crippen LogP contribution in [0.15, 0.2) is 48.7 Å². The van der Waals surface area contributed by atoms with E-state index < -0.39 is 0 Å². The van der Waals surface area contributed by atoms with Crippen molar-refractivity contribution in [2.24, 2.45) is 5.92 Å². The van der Waals surface area contributed by atoms with Gasteiger partial charge in [-0.3, -0.25) is 14.6 Å². The van der Waals surface area contributed by atoms with Crippen molar-refractivity contribution >= 4 is 28.5 Å². The normalized spacial score (nSPS) is 17.5. The van der Waals surface area contributed by atoms with Crippen molar-refractivity contribution in [3.63, 3.8) is 0 Å². The number of pyridine rings is 1. The number of carbonyl (C=O) groups excluding carboxylic acids is 2. The maximum absolute atomic E-state index is 12.2. The van der Waals surface area contributed by atoms with Gasteiger partial charge in [-0.25, -0.2) is 0 Å². The Morgan fingerprint density at radius 3 is 2.70 bits per heavy atom. The van der Waals surface area contributed by atoms with Gasteiger partial charge in [0.1, 0.15) is 0 Å². The van der Waals surface area contributed by atoms with Gasteiger partial charge in [0.25, 0.3) is 0 Å². The lowest BCUT2D eigenvalue weighted by Crippen LogP contribution is -2.24. The zero-order valence-corrected chi connectivity index (χ0v) is 13.8. The molecule has 1 saturated heterocycles. The third-order valence-corrected chi connectivity index (χ3v) is 4.91. The van der Waals surface area contributed by atoms with E-state index in [1.54, 1.807) is 13.1 Å². The fourth-order valence-electron chi connectivity index (χ4n) is 2.72. The molecular formula is C18H18N2O2S. The molecule has 3 rings (SSSR count). The maximum atomic E-state index is 12.2. The Labute approximate surface area is 139 Å². The van der Waals surface area contributed by atoms with Gasteiger partial charge in [-0.15, -0.1) is 0 Å². The molecule has 0 aliphatic carbocycles. The monoisotopic (exact) mass is 326 g/mol. The largest absolute Gasteiger partial charge is 0.312 e. The Morgan fingerprint density at radius 1 is 1.26 bits per heavy atom. The Kier molecular flexibility index (Phi) is 4.76. The minimum Gasteiger partial charge on any atom is -0.312 e. The molecule has 1 amide bonds. The van der Waals surface area contributed by atoms with E-state index in [-0.39, 0.29) is 16.9 Å². The maximum Gasteiger partial charge on any atom is 0.227 e. The van der Waals surface area contributed by atoms with Crippen molar-refractivity contribution in [2.75, 3.05) is 17.2 Å². The molecule has 1 atom stereocenters. The molecule has 5 heteroatoms. The van der Waals surface area contributed by atoms with E-state index in [4.69, 9.17) is 0 Å². The van der Waals surface area contributed by atoms with Gasteiger partial charge in [0.05, 0.1) is 5.69 Å². The second-order valence-electron chi connectivity index (χ2n) is 5.64. The number of benzene rings is 1. The van der Waals surface area contributed by atoms with Crippen molar-refractivity contribution in [1.29, 1.82) is 0 Å². The van der Waals surface area contributed by atoms with Crippen LogP contribution < -0.4 is 4.90 Å². The summed E-state index contributed by atoms with van der Waals surface area (Å²) < 4.78 is 0. The van der Waals surface area contributed by atoms with Crippen molar-refractivity contribution < 1.29 is 9.59 Å². The molecule has 2 aromatic rings. The molecule has 0 bridgehead atoms. The smallest absolute Gasteiger partial charge is 0.227 e. The number of thioether (sulfide) groups is 1. The number of anilines is 1. The number of rotatable bonds is 4. The van der Waals surface area contributed by atoms with E-state index in [1.165, 1.54) is 11.8 Å². The third-order valence-electron chi connectivity index (χ3n) is 3.87. The van der Waals surface area contributed by atoms with Crippen LogP contribution in [0.3, 0.4) is 0 Å². The second kappa shape index (κ2) is 6.96. The molecule has 1 aromatic heterocycles. The van der Waals surface area contributed by atoms with Crippen LogP contribution in [0.4, 0.5) is 5.69 Å². The summed E-state index contributed by atoms with van der Waals surface area (Å²) >= 11 is 1.30. The van der Waals surface area contributed by atoms with Gasteiger partial charge in [-0.1, -0.05) is 30.0 Å². The molecule has 1 aliphatic heterocycles. The summed E-state index contributed by atoms with van der Waals surface area (Å²) in [5.41, 5.74) is 2.86. The van der Waals surface area contributed by atoms with Gasteiger partial charge < -0.3 is 4.90 Å². The van der Waals surface area contributed by atoms with Crippen LogP contribution in [0, 0.1) is 5.92 Å². The van der Waals surface area contributed by atoms with E-state index in [9.17, 15) is 9.59 Å². The average molecular weight is 326 g/mol. The Bertz CT molecular complexity index is 701. The van der Waals surface area contributed by atoms with Crippen molar-refractivity contribution in [1.82, 2.24) is 4.98 Å². The van der Waals surface area contributed by atoms with E-state index >= 15 is 0 Å². The fraction of sp³-hybridized carbons (Fsp3) is 0.278. The summed E-state index contributed by atoms with van der Waals surface area (Å²) in [5, 5.41) is 0.107. The van der Waals surface area contributed by atoms with Gasteiger partial charge in [0, 0.05) is 43.1 Å². The topological polar surface area (TPSA) is 50.3 Å². The van der Waals surface area contributed by atoms with Crippen molar-refractivity contribution in [2.45, 2.75) is 13.3 Å². The number of hydrogen-bond acceptors (Lipinski definition) is 4. The Balaban J connectivity index is 1.70. The van der Waals surface area contributed by atoms with Crippen LogP contribution in [0.25, 0.3) is 11.3 Å². The SMILES string of the molecule is CC(=O)SCC1CC(=O)N(c2ccc(-c3ccccn3)cc2)C1. The summed E-state index contributed by atoms with van der Waals surface area (Å²) in [7, 11) is 0. The zero-order valence-electron chi connectivity index (χ0n) is 12.9. The number of aromatic nitrogens is 1. The minimum atomic E-state index is 0.107. The Hall–Kier alpha value is -2.14. The molecule has 2 heterocycles. The van der Waals surface area contributed by atoms with Crippen LogP contribution in [0.1, 0.15) is 13.3 Å². The van der Waals surface area contributed by atoms with Gasteiger partial charge >= 0.3 is 0 Å². The molecule has 0 radical (unpaired) electrons. The third kappa shape index (κ3) is 3.79. The zero-order chi connectivity index (χ0) is 16.2. The molecule has 4 nitrogen and oxygen atoms in total. The number of hydrogen-bond donors (Lipinski definition) is 0. The van der Waals surface area contributed by atoms with E-state index in [0.717, 1.165) is 16.9 Å².